The highest BCUT2D eigenvalue weighted by Gasteiger charge is 2.18. The van der Waals surface area contributed by atoms with Crippen molar-refractivity contribution in [3.05, 3.63) is 28.2 Å². The summed E-state index contributed by atoms with van der Waals surface area (Å²) in [5.41, 5.74) is 7.42. The number of methoxy groups -OCH3 is 1. The van der Waals surface area contributed by atoms with Crippen LogP contribution < -0.4 is 10.5 Å². The summed E-state index contributed by atoms with van der Waals surface area (Å²) in [7, 11) is 1.70. The Hall–Kier alpha value is -0.540. The topological polar surface area (TPSA) is 35.2 Å². The van der Waals surface area contributed by atoms with Gasteiger partial charge < -0.3 is 10.5 Å². The first-order chi connectivity index (χ1) is 7.95. The van der Waals surface area contributed by atoms with Crippen molar-refractivity contribution in [3.63, 3.8) is 0 Å². The van der Waals surface area contributed by atoms with E-state index in [-0.39, 0.29) is 6.04 Å². The molecule has 2 nitrogen and oxygen atoms in total. The van der Waals surface area contributed by atoms with Gasteiger partial charge in [0.1, 0.15) is 5.75 Å². The molecule has 0 saturated heterocycles. The number of benzene rings is 1. The van der Waals surface area contributed by atoms with Crippen molar-refractivity contribution >= 4 is 15.9 Å². The van der Waals surface area contributed by atoms with Crippen molar-refractivity contribution in [2.24, 2.45) is 17.6 Å². The molecule has 0 aliphatic heterocycles. The van der Waals surface area contributed by atoms with Gasteiger partial charge in [-0.2, -0.15) is 0 Å². The maximum atomic E-state index is 6.25. The summed E-state index contributed by atoms with van der Waals surface area (Å²) in [5, 5.41) is 0. The highest BCUT2D eigenvalue weighted by Crippen LogP contribution is 2.26. The van der Waals surface area contributed by atoms with Gasteiger partial charge in [0.05, 0.1) is 7.11 Å². The minimum absolute atomic E-state index is 0.165. The lowest BCUT2D eigenvalue weighted by Gasteiger charge is -2.24. The Bertz CT molecular complexity index is 365. The van der Waals surface area contributed by atoms with Gasteiger partial charge in [-0.1, -0.05) is 36.7 Å². The lowest BCUT2D eigenvalue weighted by Crippen LogP contribution is -2.33. The zero-order chi connectivity index (χ0) is 13.0. The summed E-state index contributed by atoms with van der Waals surface area (Å²) in [5.74, 6) is 2.02. The van der Waals surface area contributed by atoms with Crippen LogP contribution in [-0.4, -0.2) is 13.2 Å². The Balaban J connectivity index is 2.83. The van der Waals surface area contributed by atoms with Gasteiger partial charge in [0, 0.05) is 10.5 Å². The molecule has 0 saturated carbocycles. The van der Waals surface area contributed by atoms with Crippen molar-refractivity contribution in [3.8, 4) is 5.75 Å². The van der Waals surface area contributed by atoms with Crippen LogP contribution in [0.2, 0.25) is 0 Å². The first-order valence-corrected chi connectivity index (χ1v) is 6.83. The molecule has 0 heterocycles. The zero-order valence-corrected chi connectivity index (χ0v) is 12.6. The van der Waals surface area contributed by atoms with Crippen molar-refractivity contribution in [1.82, 2.24) is 0 Å². The second-order valence-corrected chi connectivity index (χ2v) is 5.84. The van der Waals surface area contributed by atoms with Crippen LogP contribution in [0.5, 0.6) is 5.75 Å². The smallest absolute Gasteiger partial charge is 0.122 e. The average molecular weight is 300 g/mol. The van der Waals surface area contributed by atoms with Gasteiger partial charge >= 0.3 is 0 Å². The van der Waals surface area contributed by atoms with Crippen LogP contribution in [0.3, 0.4) is 0 Å². The molecule has 2 atom stereocenters. The molecule has 0 bridgehead atoms. The maximum Gasteiger partial charge on any atom is 0.122 e. The van der Waals surface area contributed by atoms with Gasteiger partial charge in [-0.25, -0.2) is 0 Å². The van der Waals surface area contributed by atoms with Crippen molar-refractivity contribution < 1.29 is 4.74 Å². The predicted octanol–water partition coefficient (Wildman–Crippen LogP) is 3.62. The van der Waals surface area contributed by atoms with Crippen LogP contribution in [0.25, 0.3) is 0 Å². The third-order valence-corrected chi connectivity index (χ3v) is 3.92. The van der Waals surface area contributed by atoms with E-state index in [4.69, 9.17) is 10.5 Å². The summed E-state index contributed by atoms with van der Waals surface area (Å²) in [6, 6.07) is 6.22. The van der Waals surface area contributed by atoms with Crippen LogP contribution in [0, 0.1) is 11.8 Å². The molecule has 0 fully saturated rings. The molecule has 96 valence electrons. The number of halogens is 1. The molecule has 0 aliphatic rings. The number of hydrogen-bond donors (Lipinski definition) is 1. The van der Waals surface area contributed by atoms with E-state index in [2.05, 4.69) is 42.8 Å². The molecule has 17 heavy (non-hydrogen) atoms. The van der Waals surface area contributed by atoms with Crippen LogP contribution >= 0.6 is 15.9 Å². The fourth-order valence-electron chi connectivity index (χ4n) is 1.84. The minimum atomic E-state index is 0.165. The molecular weight excluding hydrogens is 278 g/mol. The second kappa shape index (κ2) is 6.41. The monoisotopic (exact) mass is 299 g/mol. The van der Waals surface area contributed by atoms with Crippen LogP contribution in [-0.2, 0) is 6.42 Å². The molecule has 0 amide bonds. The van der Waals surface area contributed by atoms with Gasteiger partial charge in [-0.05, 0) is 42.0 Å². The standard InChI is InChI=1S/C14H22BrNO/c1-9(2)10(3)13(16)8-11-7-12(15)5-6-14(11)17-4/h5-7,9-10,13H,8,16H2,1-4H3. The SMILES string of the molecule is COc1ccc(Br)cc1CC(N)C(C)C(C)C. The van der Waals surface area contributed by atoms with E-state index in [0.717, 1.165) is 16.6 Å². The Kier molecular flexibility index (Phi) is 5.47. The predicted molar refractivity (Wildman–Crippen MR) is 76.4 cm³/mol. The normalized spacial score (nSPS) is 14.8. The van der Waals surface area contributed by atoms with E-state index >= 15 is 0 Å². The van der Waals surface area contributed by atoms with Gasteiger partial charge in [-0.15, -0.1) is 0 Å². The average Bonchev–Trinajstić information content (AvgIpc) is 2.28. The summed E-state index contributed by atoms with van der Waals surface area (Å²) >= 11 is 3.49. The lowest BCUT2D eigenvalue weighted by molar-refractivity contribution is 0.339. The minimum Gasteiger partial charge on any atom is -0.496 e. The van der Waals surface area contributed by atoms with E-state index in [1.54, 1.807) is 7.11 Å². The van der Waals surface area contributed by atoms with E-state index in [0.29, 0.717) is 11.8 Å². The maximum absolute atomic E-state index is 6.25. The fraction of sp³-hybridized carbons (Fsp3) is 0.571. The molecule has 2 unspecified atom stereocenters. The van der Waals surface area contributed by atoms with Gasteiger partial charge in [-0.3, -0.25) is 0 Å². The Morgan fingerprint density at radius 3 is 2.47 bits per heavy atom. The zero-order valence-electron chi connectivity index (χ0n) is 11.0. The summed E-state index contributed by atoms with van der Waals surface area (Å²) in [4.78, 5) is 0. The number of ether oxygens (including phenoxy) is 1. The van der Waals surface area contributed by atoms with E-state index < -0.39 is 0 Å². The first kappa shape index (κ1) is 14.5. The number of rotatable bonds is 5. The fourth-order valence-corrected chi connectivity index (χ4v) is 2.25. The summed E-state index contributed by atoms with van der Waals surface area (Å²) < 4.78 is 6.43. The van der Waals surface area contributed by atoms with Crippen molar-refractivity contribution in [1.29, 1.82) is 0 Å². The third-order valence-electron chi connectivity index (χ3n) is 3.42. The molecule has 0 spiro atoms. The van der Waals surface area contributed by atoms with Crippen LogP contribution in [0.15, 0.2) is 22.7 Å². The van der Waals surface area contributed by atoms with Gasteiger partial charge in [0.2, 0.25) is 0 Å². The quantitative estimate of drug-likeness (QED) is 0.901. The number of hydrogen-bond acceptors (Lipinski definition) is 2. The molecule has 1 aromatic carbocycles. The van der Waals surface area contributed by atoms with E-state index in [1.807, 2.05) is 12.1 Å². The second-order valence-electron chi connectivity index (χ2n) is 4.93. The first-order valence-electron chi connectivity index (χ1n) is 6.03. The van der Waals surface area contributed by atoms with Gasteiger partial charge in [0.15, 0.2) is 0 Å². The molecule has 1 rings (SSSR count). The summed E-state index contributed by atoms with van der Waals surface area (Å²) in [6.45, 7) is 6.63. The number of nitrogens with two attached hydrogens (primary N) is 1. The molecular formula is C14H22BrNO. The molecule has 1 aromatic rings. The largest absolute Gasteiger partial charge is 0.496 e. The summed E-state index contributed by atoms with van der Waals surface area (Å²) in [6.07, 6.45) is 0.849. The highest BCUT2D eigenvalue weighted by atomic mass is 79.9. The third kappa shape index (κ3) is 4.00. The highest BCUT2D eigenvalue weighted by molar-refractivity contribution is 9.10. The molecule has 3 heteroatoms. The van der Waals surface area contributed by atoms with Crippen LogP contribution in [0.4, 0.5) is 0 Å². The van der Waals surface area contributed by atoms with Gasteiger partial charge in [0.25, 0.3) is 0 Å². The Labute approximate surface area is 113 Å². The van der Waals surface area contributed by atoms with Crippen LogP contribution in [0.1, 0.15) is 26.3 Å². The molecule has 0 aromatic heterocycles. The Morgan fingerprint density at radius 2 is 1.94 bits per heavy atom. The molecule has 2 N–H and O–H groups in total. The Morgan fingerprint density at radius 1 is 1.29 bits per heavy atom. The molecule has 0 radical (unpaired) electrons. The molecule has 0 aliphatic carbocycles. The van der Waals surface area contributed by atoms with E-state index in [1.165, 1.54) is 5.56 Å². The van der Waals surface area contributed by atoms with E-state index in [9.17, 15) is 0 Å². The van der Waals surface area contributed by atoms with Crippen molar-refractivity contribution in [2.75, 3.05) is 7.11 Å². The lowest BCUT2D eigenvalue weighted by atomic mass is 9.87. The van der Waals surface area contributed by atoms with Crippen molar-refractivity contribution in [2.45, 2.75) is 33.2 Å².